The van der Waals surface area contributed by atoms with Crippen molar-refractivity contribution in [2.45, 2.75) is 44.6 Å². The molecule has 1 amide bonds. The maximum atomic E-state index is 12.0. The van der Waals surface area contributed by atoms with Gasteiger partial charge in [-0.25, -0.2) is 9.59 Å². The minimum Gasteiger partial charge on any atom is -0.493 e. The third-order valence-corrected chi connectivity index (χ3v) is 5.07. The molecule has 0 saturated carbocycles. The highest BCUT2D eigenvalue weighted by molar-refractivity contribution is 7.08. The lowest BCUT2D eigenvalue weighted by molar-refractivity contribution is -0.140. The summed E-state index contributed by atoms with van der Waals surface area (Å²) in [5.74, 6) is -2.46. The molecule has 12 nitrogen and oxygen atoms in total. The van der Waals surface area contributed by atoms with E-state index in [1.807, 2.05) is 0 Å². The largest absolute Gasteiger partial charge is 0.493 e. The lowest BCUT2D eigenvalue weighted by Gasteiger charge is -2.13. The normalized spacial score (nSPS) is 11.6. The van der Waals surface area contributed by atoms with Crippen LogP contribution in [0.2, 0.25) is 0 Å². The summed E-state index contributed by atoms with van der Waals surface area (Å²) in [5, 5.41) is 33.2. The summed E-state index contributed by atoms with van der Waals surface area (Å²) in [6, 6.07) is -1.37. The van der Waals surface area contributed by atoms with Gasteiger partial charge in [-0.2, -0.15) is 9.97 Å². The number of carbonyl (C=O) groups excluding carboxylic acids is 1. The first-order valence-electron chi connectivity index (χ1n) is 9.26. The Hall–Kier alpha value is -3.61. The van der Waals surface area contributed by atoms with Crippen LogP contribution in [-0.2, 0) is 22.4 Å². The van der Waals surface area contributed by atoms with E-state index in [4.69, 9.17) is 26.4 Å². The number of hydrogen-bond donors (Lipinski definition) is 6. The van der Waals surface area contributed by atoms with E-state index in [9.17, 15) is 19.5 Å². The van der Waals surface area contributed by atoms with E-state index in [0.717, 1.165) is 5.56 Å². The van der Waals surface area contributed by atoms with Crippen LogP contribution in [0.5, 0.6) is 11.6 Å². The number of carboxylic acid groups (broad SMARTS) is 2. The van der Waals surface area contributed by atoms with Crippen LogP contribution in [0.15, 0.2) is 10.8 Å². The first-order valence-corrected chi connectivity index (χ1v) is 10.2. The minimum atomic E-state index is -1.37. The second-order valence-electron chi connectivity index (χ2n) is 6.59. The monoisotopic (exact) mass is 453 g/mol. The fraction of sp³-hybridized carbons (Fsp3) is 0.389. The Kier molecular flexibility index (Phi) is 8.37. The standard InChI is InChI=1S/C18H23N5O7S/c19-14-10(15(26)23-17(20)22-14)4-2-1-3-9-7-31-8-12(9)30-18(29)21-11(16(27)28)5-6-13(24)25/h7-8,11H,1-6H2,(H,21,29)(H,24,25)(H,27,28)(H5,19,20,22,23,26)/t11-/m0/s1. The summed E-state index contributed by atoms with van der Waals surface area (Å²) in [7, 11) is 0. The number of amides is 1. The van der Waals surface area contributed by atoms with E-state index in [2.05, 4.69) is 15.3 Å². The molecule has 0 unspecified atom stereocenters. The highest BCUT2D eigenvalue weighted by atomic mass is 32.1. The van der Waals surface area contributed by atoms with Crippen LogP contribution in [0.1, 0.15) is 36.8 Å². The number of aromatic nitrogens is 2. The van der Waals surface area contributed by atoms with E-state index < -0.39 is 30.5 Å². The number of anilines is 2. The Morgan fingerprint density at radius 2 is 1.84 bits per heavy atom. The van der Waals surface area contributed by atoms with Crippen molar-refractivity contribution in [3.8, 4) is 11.6 Å². The van der Waals surface area contributed by atoms with Gasteiger partial charge in [0, 0.05) is 17.4 Å². The number of carbonyl (C=O) groups is 3. The second-order valence-corrected chi connectivity index (χ2v) is 7.34. The number of aliphatic carboxylic acids is 2. The van der Waals surface area contributed by atoms with Gasteiger partial charge < -0.3 is 36.8 Å². The smallest absolute Gasteiger partial charge is 0.413 e. The first kappa shape index (κ1) is 23.7. The molecule has 0 aliphatic heterocycles. The summed E-state index contributed by atoms with van der Waals surface area (Å²) in [6.45, 7) is 0. The third kappa shape index (κ3) is 7.29. The van der Waals surface area contributed by atoms with Crippen molar-refractivity contribution in [2.75, 3.05) is 11.5 Å². The van der Waals surface area contributed by atoms with Crippen molar-refractivity contribution in [3.63, 3.8) is 0 Å². The molecule has 0 aliphatic rings. The maximum absolute atomic E-state index is 12.0. The molecule has 13 heteroatoms. The van der Waals surface area contributed by atoms with E-state index in [1.165, 1.54) is 11.3 Å². The summed E-state index contributed by atoms with van der Waals surface area (Å²) in [4.78, 5) is 41.3. The Morgan fingerprint density at radius 3 is 2.48 bits per heavy atom. The zero-order chi connectivity index (χ0) is 23.0. The highest BCUT2D eigenvalue weighted by Crippen LogP contribution is 2.27. The van der Waals surface area contributed by atoms with Crippen LogP contribution in [0.3, 0.4) is 0 Å². The van der Waals surface area contributed by atoms with E-state index >= 15 is 0 Å². The third-order valence-electron chi connectivity index (χ3n) is 4.30. The van der Waals surface area contributed by atoms with Gasteiger partial charge in [-0.1, -0.05) is 0 Å². The molecule has 31 heavy (non-hydrogen) atoms. The molecule has 0 fully saturated rings. The second kappa shape index (κ2) is 11.0. The van der Waals surface area contributed by atoms with Gasteiger partial charge in [-0.3, -0.25) is 4.79 Å². The zero-order valence-electron chi connectivity index (χ0n) is 16.4. The molecule has 2 aromatic rings. The highest BCUT2D eigenvalue weighted by Gasteiger charge is 2.22. The molecule has 0 aromatic carbocycles. The lowest BCUT2D eigenvalue weighted by atomic mass is 10.1. The van der Waals surface area contributed by atoms with Gasteiger partial charge in [-0.05, 0) is 37.5 Å². The Bertz CT molecular complexity index is 926. The topological polar surface area (TPSA) is 211 Å². The van der Waals surface area contributed by atoms with Gasteiger partial charge in [0.2, 0.25) is 11.8 Å². The van der Waals surface area contributed by atoms with Crippen LogP contribution in [0.4, 0.5) is 16.6 Å². The Labute approximate surface area is 180 Å². The Morgan fingerprint density at radius 1 is 1.13 bits per heavy atom. The quantitative estimate of drug-likeness (QED) is 0.267. The summed E-state index contributed by atoms with van der Waals surface area (Å²) in [5.41, 5.74) is 12.3. The van der Waals surface area contributed by atoms with Crippen LogP contribution >= 0.6 is 11.3 Å². The first-order chi connectivity index (χ1) is 14.7. The van der Waals surface area contributed by atoms with Crippen molar-refractivity contribution in [3.05, 3.63) is 21.9 Å². The number of hydrogen-bond acceptors (Lipinski definition) is 10. The van der Waals surface area contributed by atoms with E-state index in [0.29, 0.717) is 37.0 Å². The van der Waals surface area contributed by atoms with E-state index in [1.54, 1.807) is 10.8 Å². The van der Waals surface area contributed by atoms with Gasteiger partial charge in [0.25, 0.3) is 0 Å². The molecule has 168 valence electrons. The summed E-state index contributed by atoms with van der Waals surface area (Å²) >= 11 is 1.32. The van der Waals surface area contributed by atoms with Gasteiger partial charge >= 0.3 is 18.0 Å². The average molecular weight is 453 g/mol. The van der Waals surface area contributed by atoms with Crippen LogP contribution in [0.25, 0.3) is 0 Å². The maximum Gasteiger partial charge on any atom is 0.413 e. The molecule has 0 radical (unpaired) electrons. The lowest BCUT2D eigenvalue weighted by Crippen LogP contribution is -2.42. The number of unbranched alkanes of at least 4 members (excludes halogenated alkanes) is 1. The molecule has 0 bridgehead atoms. The predicted molar refractivity (Wildman–Crippen MR) is 111 cm³/mol. The van der Waals surface area contributed by atoms with Crippen LogP contribution in [-0.4, -0.2) is 49.4 Å². The van der Waals surface area contributed by atoms with Crippen LogP contribution < -0.4 is 21.5 Å². The van der Waals surface area contributed by atoms with Crippen LogP contribution in [0, 0.1) is 0 Å². The number of thiophene rings is 1. The number of aromatic hydroxyl groups is 1. The zero-order valence-corrected chi connectivity index (χ0v) is 17.2. The fourth-order valence-electron chi connectivity index (χ4n) is 2.74. The average Bonchev–Trinajstić information content (AvgIpc) is 3.10. The number of nitrogens with zero attached hydrogens (tertiary/aromatic N) is 2. The van der Waals surface area contributed by atoms with Crippen molar-refractivity contribution in [1.29, 1.82) is 0 Å². The molecule has 2 aromatic heterocycles. The fourth-order valence-corrected chi connectivity index (χ4v) is 3.53. The molecule has 2 rings (SSSR count). The number of nitrogen functional groups attached to an aromatic ring is 2. The molecule has 0 saturated heterocycles. The van der Waals surface area contributed by atoms with Gasteiger partial charge in [0.1, 0.15) is 17.6 Å². The molecule has 0 spiro atoms. The molecular weight excluding hydrogens is 430 g/mol. The Balaban J connectivity index is 1.86. The number of carboxylic acids is 2. The van der Waals surface area contributed by atoms with Crippen molar-refractivity contribution in [2.24, 2.45) is 0 Å². The molecule has 1 atom stereocenters. The SMILES string of the molecule is Nc1nc(N)c(CCCCc2cscc2OC(=O)N[C@@H](CCC(=O)O)C(=O)O)c(O)n1. The molecule has 2 heterocycles. The predicted octanol–water partition coefficient (Wildman–Crippen LogP) is 1.38. The van der Waals surface area contributed by atoms with Gasteiger partial charge in [0.05, 0.1) is 5.56 Å². The molecular formula is C18H23N5O7S. The van der Waals surface area contributed by atoms with Gasteiger partial charge in [-0.15, -0.1) is 11.3 Å². The van der Waals surface area contributed by atoms with E-state index in [-0.39, 0.29) is 24.1 Å². The summed E-state index contributed by atoms with van der Waals surface area (Å²) < 4.78 is 5.20. The number of aryl methyl sites for hydroxylation is 1. The molecule has 8 N–H and O–H groups in total. The minimum absolute atomic E-state index is 0.106. The molecule has 0 aliphatic carbocycles. The number of nitrogens with one attached hydrogen (secondary N) is 1. The number of ether oxygens (including phenoxy) is 1. The van der Waals surface area contributed by atoms with Crippen molar-refractivity contribution < 1.29 is 34.4 Å². The summed E-state index contributed by atoms with van der Waals surface area (Å²) in [6.07, 6.45) is 0.666. The van der Waals surface area contributed by atoms with Crippen molar-refractivity contribution >= 4 is 41.1 Å². The van der Waals surface area contributed by atoms with Gasteiger partial charge in [0.15, 0.2) is 0 Å². The number of rotatable bonds is 11. The number of nitrogens with two attached hydrogens (primary N) is 2. The van der Waals surface area contributed by atoms with Crippen molar-refractivity contribution in [1.82, 2.24) is 15.3 Å².